The predicted octanol–water partition coefficient (Wildman–Crippen LogP) is 4.99. The van der Waals surface area contributed by atoms with Gasteiger partial charge in [0.1, 0.15) is 18.0 Å². The number of aliphatic carboxylic acids is 1. The Morgan fingerprint density at radius 2 is 1.73 bits per heavy atom. The van der Waals surface area contributed by atoms with Crippen molar-refractivity contribution in [1.29, 1.82) is 0 Å². The summed E-state index contributed by atoms with van der Waals surface area (Å²) in [5.41, 5.74) is 2.66. The molecule has 2 fully saturated rings. The number of rotatable bonds is 6. The number of anilines is 2. The summed E-state index contributed by atoms with van der Waals surface area (Å²) in [6.45, 7) is 1.39. The van der Waals surface area contributed by atoms with E-state index < -0.39 is 23.9 Å². The maximum Gasteiger partial charge on any atom is 0.410 e. The van der Waals surface area contributed by atoms with Crippen molar-refractivity contribution in [1.82, 2.24) is 9.80 Å². The van der Waals surface area contributed by atoms with Gasteiger partial charge in [0, 0.05) is 31.7 Å². The molecule has 1 saturated carbocycles. The molecule has 218 valence electrons. The summed E-state index contributed by atoms with van der Waals surface area (Å²) < 4.78 is 19.6. The van der Waals surface area contributed by atoms with E-state index in [1.54, 1.807) is 23.1 Å². The number of hydrogen-bond donors (Lipinski definition) is 3. The highest BCUT2D eigenvalue weighted by Gasteiger charge is 2.36. The molecule has 3 N–H and O–H groups in total. The number of carbonyl (C=O) groups is 4. The number of fused-ring (bicyclic) bond motifs is 1. The molecule has 1 saturated heterocycles. The minimum Gasteiger partial charge on any atom is -0.480 e. The predicted molar refractivity (Wildman–Crippen MR) is 149 cm³/mol. The number of halogens is 1. The standard InChI is InChI=1S/C30H35FN4O6/c31-24-4-1-2-5-25(24)33-29(39)32-22-10-9-21-18-34(15-13-20(21)17-22)30(40)41-23-11-7-19(8-12-23)16-27(36)35-14-3-6-26(35)28(37)38/h1-2,4-5,9-10,17,19,23,26H,3,6-8,11-16,18H2,(H,37,38)(H2,32,33,39)/t19-,23-,26?. The molecule has 2 aliphatic heterocycles. The minimum atomic E-state index is -0.937. The van der Waals surface area contributed by atoms with Crippen molar-refractivity contribution in [3.05, 3.63) is 59.4 Å². The van der Waals surface area contributed by atoms with Crippen LogP contribution in [0.1, 0.15) is 56.1 Å². The summed E-state index contributed by atoms with van der Waals surface area (Å²) in [4.78, 5) is 52.5. The van der Waals surface area contributed by atoms with Crippen LogP contribution in [0.25, 0.3) is 0 Å². The number of nitrogens with zero attached hydrogens (tertiary/aromatic N) is 2. The van der Waals surface area contributed by atoms with Gasteiger partial charge in [-0.2, -0.15) is 0 Å². The molecule has 0 radical (unpaired) electrons. The van der Waals surface area contributed by atoms with Gasteiger partial charge in [-0.3, -0.25) is 4.79 Å². The van der Waals surface area contributed by atoms with Crippen LogP contribution >= 0.6 is 0 Å². The number of urea groups is 1. The lowest BCUT2D eigenvalue weighted by Crippen LogP contribution is -2.41. The monoisotopic (exact) mass is 566 g/mol. The van der Waals surface area contributed by atoms with Crippen molar-refractivity contribution in [2.24, 2.45) is 5.92 Å². The van der Waals surface area contributed by atoms with Gasteiger partial charge in [-0.05, 0) is 86.3 Å². The number of likely N-dealkylation sites (tertiary alicyclic amines) is 1. The Labute approximate surface area is 237 Å². The second-order valence-electron chi connectivity index (χ2n) is 11.0. The second kappa shape index (κ2) is 12.6. The van der Waals surface area contributed by atoms with Crippen LogP contribution < -0.4 is 10.6 Å². The van der Waals surface area contributed by atoms with Gasteiger partial charge in [-0.1, -0.05) is 18.2 Å². The molecule has 4 amide bonds. The first-order valence-corrected chi connectivity index (χ1v) is 14.2. The van der Waals surface area contributed by atoms with Crippen molar-refractivity contribution >= 4 is 35.4 Å². The number of hydrogen-bond acceptors (Lipinski definition) is 5. The average molecular weight is 567 g/mol. The number of benzene rings is 2. The molecule has 2 aromatic rings. The lowest BCUT2D eigenvalue weighted by Gasteiger charge is -2.33. The van der Waals surface area contributed by atoms with Crippen molar-refractivity contribution in [2.75, 3.05) is 23.7 Å². The Balaban J connectivity index is 1.06. The van der Waals surface area contributed by atoms with E-state index >= 15 is 0 Å². The van der Waals surface area contributed by atoms with E-state index in [1.807, 2.05) is 12.1 Å². The van der Waals surface area contributed by atoms with Gasteiger partial charge in [0.05, 0.1) is 5.69 Å². The minimum absolute atomic E-state index is 0.0913. The van der Waals surface area contributed by atoms with Gasteiger partial charge in [0.25, 0.3) is 0 Å². The summed E-state index contributed by atoms with van der Waals surface area (Å²) in [6.07, 6.45) is 4.51. The number of carboxylic acids is 1. The maximum atomic E-state index is 13.8. The van der Waals surface area contributed by atoms with Crippen LogP contribution in [0.5, 0.6) is 0 Å². The molecule has 3 aliphatic rings. The van der Waals surface area contributed by atoms with Crippen molar-refractivity contribution in [3.8, 4) is 0 Å². The first-order chi connectivity index (χ1) is 19.8. The number of nitrogens with one attached hydrogen (secondary N) is 2. The zero-order valence-corrected chi connectivity index (χ0v) is 22.8. The van der Waals surface area contributed by atoms with Crippen LogP contribution in [0.15, 0.2) is 42.5 Å². The normalized spacial score (nSPS) is 22.0. The molecule has 11 heteroatoms. The molecule has 41 heavy (non-hydrogen) atoms. The summed E-state index contributed by atoms with van der Waals surface area (Å²) in [5, 5.41) is 14.6. The molecule has 1 aliphatic carbocycles. The fourth-order valence-corrected chi connectivity index (χ4v) is 5.99. The lowest BCUT2D eigenvalue weighted by molar-refractivity contribution is -0.148. The molecule has 1 unspecified atom stereocenters. The summed E-state index contributed by atoms with van der Waals surface area (Å²) >= 11 is 0. The fourth-order valence-electron chi connectivity index (χ4n) is 5.99. The van der Waals surface area contributed by atoms with E-state index in [0.29, 0.717) is 57.4 Å². The molecule has 1 atom stereocenters. The highest BCUT2D eigenvalue weighted by molar-refractivity contribution is 5.99. The van der Waals surface area contributed by atoms with Gasteiger partial charge in [0.2, 0.25) is 5.91 Å². The van der Waals surface area contributed by atoms with E-state index in [4.69, 9.17) is 4.74 Å². The zero-order chi connectivity index (χ0) is 28.9. The van der Waals surface area contributed by atoms with Gasteiger partial charge in [-0.25, -0.2) is 18.8 Å². The fraction of sp³-hybridized carbons (Fsp3) is 0.467. The van der Waals surface area contributed by atoms with Crippen molar-refractivity contribution < 1.29 is 33.4 Å². The summed E-state index contributed by atoms with van der Waals surface area (Å²) in [5.74, 6) is -1.37. The Kier molecular flexibility index (Phi) is 8.70. The smallest absolute Gasteiger partial charge is 0.410 e. The highest BCUT2D eigenvalue weighted by Crippen LogP contribution is 2.31. The zero-order valence-electron chi connectivity index (χ0n) is 22.8. The maximum absolute atomic E-state index is 13.8. The first-order valence-electron chi connectivity index (χ1n) is 14.2. The topological polar surface area (TPSA) is 128 Å². The Morgan fingerprint density at radius 3 is 2.49 bits per heavy atom. The van der Waals surface area contributed by atoms with Crippen LogP contribution in [0, 0.1) is 11.7 Å². The molecule has 2 aromatic carbocycles. The second-order valence-corrected chi connectivity index (χ2v) is 11.0. The van der Waals surface area contributed by atoms with Crippen LogP contribution in [-0.4, -0.2) is 64.1 Å². The van der Waals surface area contributed by atoms with Gasteiger partial charge in [-0.15, -0.1) is 0 Å². The quantitative estimate of drug-likeness (QED) is 0.452. The number of carbonyl (C=O) groups excluding carboxylic acids is 3. The van der Waals surface area contributed by atoms with Crippen molar-refractivity contribution in [3.63, 3.8) is 0 Å². The van der Waals surface area contributed by atoms with E-state index in [1.165, 1.54) is 17.0 Å². The Bertz CT molecular complexity index is 1310. The van der Waals surface area contributed by atoms with Gasteiger partial charge < -0.3 is 30.3 Å². The first kappa shape index (κ1) is 28.4. The summed E-state index contributed by atoms with van der Waals surface area (Å²) in [7, 11) is 0. The van der Waals surface area contributed by atoms with E-state index in [0.717, 1.165) is 30.4 Å². The van der Waals surface area contributed by atoms with Crippen LogP contribution in [-0.2, 0) is 27.3 Å². The average Bonchev–Trinajstić information content (AvgIpc) is 3.46. The van der Waals surface area contributed by atoms with Crippen LogP contribution in [0.3, 0.4) is 0 Å². The molecule has 0 spiro atoms. The largest absolute Gasteiger partial charge is 0.480 e. The molecular formula is C30H35FN4O6. The van der Waals surface area contributed by atoms with Crippen LogP contribution in [0.4, 0.5) is 25.4 Å². The third-order valence-electron chi connectivity index (χ3n) is 8.24. The van der Waals surface area contributed by atoms with Gasteiger partial charge >= 0.3 is 18.1 Å². The highest BCUT2D eigenvalue weighted by atomic mass is 19.1. The van der Waals surface area contributed by atoms with Crippen LogP contribution in [0.2, 0.25) is 0 Å². The van der Waals surface area contributed by atoms with E-state index in [2.05, 4.69) is 10.6 Å². The molecule has 2 heterocycles. The number of para-hydroxylation sites is 1. The third kappa shape index (κ3) is 6.96. The Hall–Kier alpha value is -4.15. The number of carboxylic acid groups (broad SMARTS) is 1. The molecule has 0 bridgehead atoms. The Morgan fingerprint density at radius 1 is 0.951 bits per heavy atom. The lowest BCUT2D eigenvalue weighted by atomic mass is 9.85. The SMILES string of the molecule is O=C(Nc1ccc2c(c1)CCN(C(=O)O[C@H]1CC[C@H](CC(=O)N3CCCC3C(=O)O)CC1)C2)Nc1ccccc1F. The van der Waals surface area contributed by atoms with Gasteiger partial charge in [0.15, 0.2) is 0 Å². The number of amides is 4. The molecule has 5 rings (SSSR count). The van der Waals surface area contributed by atoms with Crippen molar-refractivity contribution in [2.45, 2.75) is 70.1 Å². The summed E-state index contributed by atoms with van der Waals surface area (Å²) in [6, 6.07) is 10.2. The number of ether oxygens (including phenoxy) is 1. The van der Waals surface area contributed by atoms with E-state index in [-0.39, 0.29) is 29.7 Å². The molecular weight excluding hydrogens is 531 g/mol. The van der Waals surface area contributed by atoms with E-state index in [9.17, 15) is 28.7 Å². The molecule has 0 aromatic heterocycles. The third-order valence-corrected chi connectivity index (χ3v) is 8.24. The molecule has 10 nitrogen and oxygen atoms in total.